The second kappa shape index (κ2) is 5.13. The van der Waals surface area contributed by atoms with Crippen molar-refractivity contribution in [2.24, 2.45) is 16.3 Å². The fourth-order valence-corrected chi connectivity index (χ4v) is 2.03. The summed E-state index contributed by atoms with van der Waals surface area (Å²) < 4.78 is 5.78. The summed E-state index contributed by atoms with van der Waals surface area (Å²) in [6.07, 6.45) is 0.973. The molecule has 1 aliphatic rings. The van der Waals surface area contributed by atoms with Gasteiger partial charge in [-0.25, -0.2) is 4.99 Å². The van der Waals surface area contributed by atoms with Crippen LogP contribution in [0.2, 0.25) is 0 Å². The Hall–Kier alpha value is -1.31. The lowest BCUT2D eigenvalue weighted by molar-refractivity contribution is 0.250. The second-order valence-electron chi connectivity index (χ2n) is 6.21. The molecule has 1 aliphatic heterocycles. The quantitative estimate of drug-likeness (QED) is 0.795. The maximum absolute atomic E-state index is 5.78. The summed E-state index contributed by atoms with van der Waals surface area (Å²) in [6.45, 7) is 9.62. The van der Waals surface area contributed by atoms with Crippen molar-refractivity contribution in [2.45, 2.75) is 40.2 Å². The third-order valence-corrected chi connectivity index (χ3v) is 3.72. The van der Waals surface area contributed by atoms with Gasteiger partial charge in [0.1, 0.15) is 6.61 Å². The SMILES string of the molecule is CC(C1=N[C@@H](Cc2ccccc2)CO1)C(C)(C)C. The van der Waals surface area contributed by atoms with Gasteiger partial charge in [-0.05, 0) is 17.4 Å². The van der Waals surface area contributed by atoms with Crippen molar-refractivity contribution in [2.75, 3.05) is 6.61 Å². The number of benzene rings is 1. The van der Waals surface area contributed by atoms with E-state index in [1.54, 1.807) is 0 Å². The van der Waals surface area contributed by atoms with Crippen molar-refractivity contribution < 1.29 is 4.74 Å². The highest BCUT2D eigenvalue weighted by molar-refractivity contribution is 5.80. The molecule has 0 amide bonds. The number of rotatable bonds is 3. The van der Waals surface area contributed by atoms with E-state index < -0.39 is 0 Å². The predicted octanol–water partition coefficient (Wildman–Crippen LogP) is 3.71. The van der Waals surface area contributed by atoms with Gasteiger partial charge in [0, 0.05) is 5.92 Å². The van der Waals surface area contributed by atoms with E-state index in [2.05, 4.69) is 52.0 Å². The van der Waals surface area contributed by atoms with Gasteiger partial charge < -0.3 is 4.74 Å². The van der Waals surface area contributed by atoms with Gasteiger partial charge in [-0.15, -0.1) is 0 Å². The molecular formula is C16H23NO. The molecule has 2 nitrogen and oxygen atoms in total. The average Bonchev–Trinajstić information content (AvgIpc) is 2.76. The molecular weight excluding hydrogens is 222 g/mol. The monoisotopic (exact) mass is 245 g/mol. The van der Waals surface area contributed by atoms with Crippen LogP contribution in [0.25, 0.3) is 0 Å². The minimum Gasteiger partial charge on any atom is -0.478 e. The summed E-state index contributed by atoms with van der Waals surface area (Å²) >= 11 is 0. The maximum Gasteiger partial charge on any atom is 0.187 e. The predicted molar refractivity (Wildman–Crippen MR) is 75.9 cm³/mol. The van der Waals surface area contributed by atoms with Gasteiger partial charge in [0.25, 0.3) is 0 Å². The number of aliphatic imine (C=N–C) groups is 1. The number of hydrogen-bond acceptors (Lipinski definition) is 2. The lowest BCUT2D eigenvalue weighted by Crippen LogP contribution is -2.25. The van der Waals surface area contributed by atoms with E-state index in [-0.39, 0.29) is 11.5 Å². The molecule has 0 fully saturated rings. The zero-order valence-electron chi connectivity index (χ0n) is 11.8. The zero-order valence-corrected chi connectivity index (χ0v) is 11.8. The molecule has 0 saturated heterocycles. The van der Waals surface area contributed by atoms with Gasteiger partial charge in [0.2, 0.25) is 0 Å². The molecule has 1 heterocycles. The Kier molecular flexibility index (Phi) is 3.74. The summed E-state index contributed by atoms with van der Waals surface area (Å²) in [4.78, 5) is 4.74. The number of ether oxygens (including phenoxy) is 1. The fraction of sp³-hybridized carbons (Fsp3) is 0.562. The second-order valence-corrected chi connectivity index (χ2v) is 6.21. The highest BCUT2D eigenvalue weighted by Crippen LogP contribution is 2.29. The van der Waals surface area contributed by atoms with E-state index in [9.17, 15) is 0 Å². The van der Waals surface area contributed by atoms with E-state index in [1.165, 1.54) is 5.56 Å². The molecule has 0 spiro atoms. The molecule has 2 rings (SSSR count). The Balaban J connectivity index is 2.01. The van der Waals surface area contributed by atoms with Crippen LogP contribution in [0.15, 0.2) is 35.3 Å². The Morgan fingerprint density at radius 1 is 1.28 bits per heavy atom. The molecule has 0 radical (unpaired) electrons. The molecule has 0 bridgehead atoms. The molecule has 98 valence electrons. The molecule has 0 aromatic heterocycles. The standard InChI is InChI=1S/C16H23NO/c1-12(16(2,3)4)15-17-14(11-18-15)10-13-8-6-5-7-9-13/h5-9,12,14H,10-11H2,1-4H3/t12?,14-/m0/s1. The van der Waals surface area contributed by atoms with Gasteiger partial charge in [-0.2, -0.15) is 0 Å². The third kappa shape index (κ3) is 3.12. The Labute approximate surface area is 110 Å². The summed E-state index contributed by atoms with van der Waals surface area (Å²) in [5.41, 5.74) is 1.54. The van der Waals surface area contributed by atoms with Crippen LogP contribution in [0.3, 0.4) is 0 Å². The van der Waals surface area contributed by atoms with Crippen LogP contribution in [-0.4, -0.2) is 18.5 Å². The number of hydrogen-bond donors (Lipinski definition) is 0. The normalized spacial score (nSPS) is 21.3. The first kappa shape index (κ1) is 13.1. The Morgan fingerprint density at radius 2 is 1.94 bits per heavy atom. The molecule has 18 heavy (non-hydrogen) atoms. The first-order valence-corrected chi connectivity index (χ1v) is 6.71. The van der Waals surface area contributed by atoms with Crippen molar-refractivity contribution in [3.8, 4) is 0 Å². The van der Waals surface area contributed by atoms with Crippen LogP contribution < -0.4 is 0 Å². The van der Waals surface area contributed by atoms with E-state index in [1.807, 2.05) is 6.07 Å². The van der Waals surface area contributed by atoms with Gasteiger partial charge in [0.15, 0.2) is 5.90 Å². The van der Waals surface area contributed by atoms with Crippen molar-refractivity contribution >= 4 is 5.90 Å². The molecule has 1 aromatic carbocycles. The van der Waals surface area contributed by atoms with E-state index in [0.717, 1.165) is 18.9 Å². The lowest BCUT2D eigenvalue weighted by atomic mass is 9.82. The maximum atomic E-state index is 5.78. The molecule has 2 heteroatoms. The molecule has 1 aromatic rings. The Morgan fingerprint density at radius 3 is 2.56 bits per heavy atom. The van der Waals surface area contributed by atoms with E-state index in [4.69, 9.17) is 9.73 Å². The summed E-state index contributed by atoms with van der Waals surface area (Å²) in [6, 6.07) is 10.8. The number of nitrogens with zero attached hydrogens (tertiary/aromatic N) is 1. The van der Waals surface area contributed by atoms with Crippen molar-refractivity contribution in [3.63, 3.8) is 0 Å². The first-order chi connectivity index (χ1) is 8.47. The van der Waals surface area contributed by atoms with Gasteiger partial charge in [-0.3, -0.25) is 0 Å². The van der Waals surface area contributed by atoms with Crippen LogP contribution >= 0.6 is 0 Å². The summed E-state index contributed by atoms with van der Waals surface area (Å²) in [7, 11) is 0. The molecule has 0 N–H and O–H groups in total. The van der Waals surface area contributed by atoms with Gasteiger partial charge in [0.05, 0.1) is 6.04 Å². The minimum atomic E-state index is 0.209. The largest absolute Gasteiger partial charge is 0.478 e. The first-order valence-electron chi connectivity index (χ1n) is 6.71. The Bertz CT molecular complexity index is 416. The van der Waals surface area contributed by atoms with Crippen LogP contribution in [-0.2, 0) is 11.2 Å². The van der Waals surface area contributed by atoms with Crippen LogP contribution in [0, 0.1) is 11.3 Å². The average molecular weight is 245 g/mol. The van der Waals surface area contributed by atoms with Crippen molar-refractivity contribution in [3.05, 3.63) is 35.9 Å². The minimum absolute atomic E-state index is 0.209. The van der Waals surface area contributed by atoms with E-state index >= 15 is 0 Å². The highest BCUT2D eigenvalue weighted by Gasteiger charge is 2.30. The van der Waals surface area contributed by atoms with Gasteiger partial charge >= 0.3 is 0 Å². The van der Waals surface area contributed by atoms with Crippen molar-refractivity contribution in [1.82, 2.24) is 0 Å². The fourth-order valence-electron chi connectivity index (χ4n) is 2.03. The highest BCUT2D eigenvalue weighted by atomic mass is 16.5. The van der Waals surface area contributed by atoms with Crippen LogP contribution in [0.4, 0.5) is 0 Å². The smallest absolute Gasteiger partial charge is 0.187 e. The van der Waals surface area contributed by atoms with E-state index in [0.29, 0.717) is 5.92 Å². The molecule has 1 unspecified atom stereocenters. The third-order valence-electron chi connectivity index (χ3n) is 3.72. The van der Waals surface area contributed by atoms with Crippen molar-refractivity contribution in [1.29, 1.82) is 0 Å². The van der Waals surface area contributed by atoms with Crippen LogP contribution in [0.5, 0.6) is 0 Å². The molecule has 0 saturated carbocycles. The summed E-state index contributed by atoms with van der Waals surface area (Å²) in [5, 5.41) is 0. The molecule has 2 atom stereocenters. The van der Waals surface area contributed by atoms with Crippen LogP contribution in [0.1, 0.15) is 33.3 Å². The summed E-state index contributed by atoms with van der Waals surface area (Å²) in [5.74, 6) is 1.31. The zero-order chi connectivity index (χ0) is 13.2. The molecule has 0 aliphatic carbocycles. The lowest BCUT2D eigenvalue weighted by Gasteiger charge is -2.26. The van der Waals surface area contributed by atoms with Gasteiger partial charge in [-0.1, -0.05) is 58.0 Å². The topological polar surface area (TPSA) is 21.6 Å².